The smallest absolute Gasteiger partial charge is 0.408 e. The number of aromatic nitrogens is 4. The number of carbonyl (C=O) groups is 1. The Bertz CT molecular complexity index is 1470. The van der Waals surface area contributed by atoms with E-state index in [1.807, 2.05) is 101 Å². The Morgan fingerprint density at radius 3 is 2.44 bits per heavy atom. The fraction of sp³-hybridized carbons (Fsp3) is 0.344. The van der Waals surface area contributed by atoms with E-state index >= 15 is 0 Å². The Balaban J connectivity index is 1.43. The molecule has 4 rings (SSSR count). The molecule has 0 saturated heterocycles. The van der Waals surface area contributed by atoms with E-state index in [4.69, 9.17) is 14.7 Å². The van der Waals surface area contributed by atoms with Crippen molar-refractivity contribution >= 4 is 23.7 Å². The standard InChI is InChI=1S/C32H39N7O2/c1-21(18-24-12-11-15-26(20-24)23(3)36-31(40)41-32(4,5)6)34-30-35-22(2)19-28(38-30)39(7)27-16-17-33-29(37-27)25-13-9-8-10-14-25/h8-17,19-21,23H,18H2,1-7H3,(H,36,40)(H,34,35,38). The fourth-order valence-electron chi connectivity index (χ4n) is 4.35. The Morgan fingerprint density at radius 2 is 1.71 bits per heavy atom. The number of rotatable bonds is 9. The maximum absolute atomic E-state index is 12.2. The highest BCUT2D eigenvalue weighted by molar-refractivity contribution is 5.68. The molecule has 2 heterocycles. The summed E-state index contributed by atoms with van der Waals surface area (Å²) in [5.74, 6) is 2.68. The van der Waals surface area contributed by atoms with E-state index in [-0.39, 0.29) is 12.1 Å². The first-order chi connectivity index (χ1) is 19.5. The largest absolute Gasteiger partial charge is 0.444 e. The van der Waals surface area contributed by atoms with Gasteiger partial charge in [0.1, 0.15) is 17.2 Å². The lowest BCUT2D eigenvalue weighted by Gasteiger charge is -2.22. The van der Waals surface area contributed by atoms with Gasteiger partial charge in [0.15, 0.2) is 5.82 Å². The van der Waals surface area contributed by atoms with Crippen molar-refractivity contribution in [3.05, 3.63) is 89.7 Å². The van der Waals surface area contributed by atoms with Gasteiger partial charge in [0.2, 0.25) is 5.95 Å². The molecule has 0 aliphatic heterocycles. The minimum Gasteiger partial charge on any atom is -0.444 e. The molecule has 0 aliphatic carbocycles. The molecule has 0 bridgehead atoms. The molecule has 0 spiro atoms. The van der Waals surface area contributed by atoms with Crippen LogP contribution in [0.25, 0.3) is 11.4 Å². The van der Waals surface area contributed by atoms with E-state index in [0.717, 1.165) is 40.4 Å². The van der Waals surface area contributed by atoms with Crippen LogP contribution in [-0.2, 0) is 11.2 Å². The molecule has 9 nitrogen and oxygen atoms in total. The lowest BCUT2D eigenvalue weighted by molar-refractivity contribution is 0.0508. The van der Waals surface area contributed by atoms with Crippen molar-refractivity contribution in [1.29, 1.82) is 0 Å². The van der Waals surface area contributed by atoms with Crippen molar-refractivity contribution in [2.75, 3.05) is 17.3 Å². The van der Waals surface area contributed by atoms with Gasteiger partial charge in [-0.1, -0.05) is 54.6 Å². The zero-order chi connectivity index (χ0) is 29.6. The summed E-state index contributed by atoms with van der Waals surface area (Å²) in [5.41, 5.74) is 3.41. The first kappa shape index (κ1) is 29.5. The minimum absolute atomic E-state index is 0.0584. The first-order valence-corrected chi connectivity index (χ1v) is 13.8. The fourth-order valence-corrected chi connectivity index (χ4v) is 4.35. The SMILES string of the molecule is Cc1cc(N(C)c2ccnc(-c3ccccc3)n2)nc(NC(C)Cc2cccc(C(C)NC(=O)OC(C)(C)C)c2)n1. The van der Waals surface area contributed by atoms with E-state index in [1.165, 1.54) is 0 Å². The van der Waals surface area contributed by atoms with Crippen LogP contribution in [0.1, 0.15) is 57.5 Å². The minimum atomic E-state index is -0.542. The quantitative estimate of drug-likeness (QED) is 0.238. The highest BCUT2D eigenvalue weighted by Gasteiger charge is 2.19. The highest BCUT2D eigenvalue weighted by Crippen LogP contribution is 2.24. The number of hydrogen-bond donors (Lipinski definition) is 2. The molecule has 9 heteroatoms. The molecule has 2 unspecified atom stereocenters. The van der Waals surface area contributed by atoms with Crippen molar-refractivity contribution in [1.82, 2.24) is 25.3 Å². The van der Waals surface area contributed by atoms with E-state index in [9.17, 15) is 4.79 Å². The first-order valence-electron chi connectivity index (χ1n) is 13.8. The molecule has 214 valence electrons. The van der Waals surface area contributed by atoms with Crippen LogP contribution in [0.15, 0.2) is 72.9 Å². The second kappa shape index (κ2) is 12.8. The number of hydrogen-bond acceptors (Lipinski definition) is 8. The molecule has 4 aromatic rings. The normalized spacial score (nSPS) is 12.8. The molecule has 2 aromatic heterocycles. The van der Waals surface area contributed by atoms with E-state index < -0.39 is 11.7 Å². The zero-order valence-electron chi connectivity index (χ0n) is 24.8. The summed E-state index contributed by atoms with van der Waals surface area (Å²) < 4.78 is 5.40. The van der Waals surface area contributed by atoms with Crippen LogP contribution in [0.3, 0.4) is 0 Å². The summed E-state index contributed by atoms with van der Waals surface area (Å²) >= 11 is 0. The summed E-state index contributed by atoms with van der Waals surface area (Å²) in [6.45, 7) is 11.5. The van der Waals surface area contributed by atoms with Crippen LogP contribution in [0.2, 0.25) is 0 Å². The van der Waals surface area contributed by atoms with Crippen LogP contribution in [0, 0.1) is 6.92 Å². The maximum atomic E-state index is 12.2. The van der Waals surface area contributed by atoms with Crippen LogP contribution in [0.5, 0.6) is 0 Å². The van der Waals surface area contributed by atoms with Crippen LogP contribution in [0.4, 0.5) is 22.4 Å². The van der Waals surface area contributed by atoms with E-state index in [1.54, 1.807) is 6.20 Å². The van der Waals surface area contributed by atoms with Gasteiger partial charge in [-0.05, 0) is 65.2 Å². The van der Waals surface area contributed by atoms with Crippen molar-refractivity contribution in [3.63, 3.8) is 0 Å². The van der Waals surface area contributed by atoms with Gasteiger partial charge in [-0.15, -0.1) is 0 Å². The van der Waals surface area contributed by atoms with Gasteiger partial charge in [-0.3, -0.25) is 0 Å². The van der Waals surface area contributed by atoms with Gasteiger partial charge in [-0.25, -0.2) is 19.7 Å². The van der Waals surface area contributed by atoms with Crippen LogP contribution >= 0.6 is 0 Å². The molecule has 2 atom stereocenters. The van der Waals surface area contributed by atoms with Crippen molar-refractivity contribution in [2.45, 2.75) is 65.6 Å². The number of amides is 1. The number of aryl methyl sites for hydroxylation is 1. The van der Waals surface area contributed by atoms with E-state index in [0.29, 0.717) is 11.8 Å². The lowest BCUT2D eigenvalue weighted by Crippen LogP contribution is -2.34. The molecule has 0 saturated carbocycles. The topological polar surface area (TPSA) is 105 Å². The maximum Gasteiger partial charge on any atom is 0.408 e. The Labute approximate surface area is 242 Å². The number of ether oxygens (including phenoxy) is 1. The van der Waals surface area contributed by atoms with Gasteiger partial charge in [0.05, 0.1) is 6.04 Å². The molecule has 0 aliphatic rings. The molecule has 1 amide bonds. The summed E-state index contributed by atoms with van der Waals surface area (Å²) in [5, 5.41) is 6.36. The number of benzene rings is 2. The number of nitrogens with zero attached hydrogens (tertiary/aromatic N) is 5. The second-order valence-electron chi connectivity index (χ2n) is 11.2. The van der Waals surface area contributed by atoms with Crippen molar-refractivity contribution < 1.29 is 9.53 Å². The van der Waals surface area contributed by atoms with Crippen LogP contribution < -0.4 is 15.5 Å². The summed E-state index contributed by atoms with van der Waals surface area (Å²) in [6, 6.07) is 21.8. The molecular formula is C32H39N7O2. The molecular weight excluding hydrogens is 514 g/mol. The molecule has 0 radical (unpaired) electrons. The third-order valence-electron chi connectivity index (χ3n) is 6.30. The average molecular weight is 554 g/mol. The van der Waals surface area contributed by atoms with Gasteiger partial charge in [0.25, 0.3) is 0 Å². The Kier molecular flexibility index (Phi) is 9.17. The van der Waals surface area contributed by atoms with Gasteiger partial charge < -0.3 is 20.3 Å². The molecule has 2 aromatic carbocycles. The molecule has 2 N–H and O–H groups in total. The highest BCUT2D eigenvalue weighted by atomic mass is 16.6. The van der Waals surface area contributed by atoms with Crippen molar-refractivity contribution in [3.8, 4) is 11.4 Å². The second-order valence-corrected chi connectivity index (χ2v) is 11.2. The van der Waals surface area contributed by atoms with Gasteiger partial charge in [-0.2, -0.15) is 4.98 Å². The zero-order valence-corrected chi connectivity index (χ0v) is 24.8. The van der Waals surface area contributed by atoms with Crippen molar-refractivity contribution in [2.24, 2.45) is 0 Å². The lowest BCUT2D eigenvalue weighted by atomic mass is 10.0. The number of carbonyl (C=O) groups excluding carboxylic acids is 1. The summed E-state index contributed by atoms with van der Waals surface area (Å²) in [6.07, 6.45) is 2.08. The summed E-state index contributed by atoms with van der Waals surface area (Å²) in [4.78, 5) is 32.7. The Morgan fingerprint density at radius 1 is 0.951 bits per heavy atom. The van der Waals surface area contributed by atoms with Crippen LogP contribution in [-0.4, -0.2) is 44.7 Å². The predicted octanol–water partition coefficient (Wildman–Crippen LogP) is 6.64. The van der Waals surface area contributed by atoms with Gasteiger partial charge >= 0.3 is 6.09 Å². The molecule has 41 heavy (non-hydrogen) atoms. The number of alkyl carbamates (subject to hydrolysis) is 1. The summed E-state index contributed by atoms with van der Waals surface area (Å²) in [7, 11) is 1.93. The number of nitrogens with one attached hydrogen (secondary N) is 2. The average Bonchev–Trinajstić information content (AvgIpc) is 2.92. The monoisotopic (exact) mass is 553 g/mol. The third kappa shape index (κ3) is 8.48. The predicted molar refractivity (Wildman–Crippen MR) is 163 cm³/mol. The molecule has 0 fully saturated rings. The van der Waals surface area contributed by atoms with E-state index in [2.05, 4.69) is 39.7 Å². The third-order valence-corrected chi connectivity index (χ3v) is 6.30. The number of anilines is 3. The Hall–Kier alpha value is -4.53. The van der Waals surface area contributed by atoms with Gasteiger partial charge in [0, 0.05) is 36.6 Å².